The monoisotopic (exact) mass is 360 g/mol. The van der Waals surface area contributed by atoms with Crippen LogP contribution < -0.4 is 5.32 Å². The molecule has 1 aliphatic heterocycles. The average molecular weight is 361 g/mol. The standard InChI is InChI=1S/C20H25ClN2O2/c1-19(15-2-4-16(21)5-3-15)11-22-18(24)23(19)17-13-6-12-7-14(17)10-20(25,8-12)9-13/h2-5,12-14,17,25H,6-11H2,1H3,(H,22,24)/t12?,13?,14?,17?,19-,20?/m0/s1. The summed E-state index contributed by atoms with van der Waals surface area (Å²) in [4.78, 5) is 15.0. The molecule has 0 radical (unpaired) electrons. The van der Waals surface area contributed by atoms with Crippen LogP contribution in [0.1, 0.15) is 44.6 Å². The molecular formula is C20H25ClN2O2. The largest absolute Gasteiger partial charge is 0.390 e. The first-order valence-corrected chi connectivity index (χ1v) is 9.81. The van der Waals surface area contributed by atoms with Gasteiger partial charge in [0.2, 0.25) is 0 Å². The van der Waals surface area contributed by atoms with E-state index in [1.807, 2.05) is 24.3 Å². The molecule has 1 heterocycles. The van der Waals surface area contributed by atoms with Crippen molar-refractivity contribution in [3.05, 3.63) is 34.9 Å². The summed E-state index contributed by atoms with van der Waals surface area (Å²) in [5.41, 5.74) is 0.298. The van der Waals surface area contributed by atoms with Gasteiger partial charge in [-0.1, -0.05) is 23.7 Å². The van der Waals surface area contributed by atoms with Crippen LogP contribution in [0.3, 0.4) is 0 Å². The number of carbonyl (C=O) groups excluding carboxylic acids is 1. The Morgan fingerprint density at radius 3 is 2.40 bits per heavy atom. The predicted molar refractivity (Wildman–Crippen MR) is 96.3 cm³/mol. The van der Waals surface area contributed by atoms with Crippen LogP contribution in [-0.2, 0) is 5.54 Å². The first-order valence-electron chi connectivity index (χ1n) is 9.44. The van der Waals surface area contributed by atoms with Crippen molar-refractivity contribution in [2.45, 2.75) is 56.2 Å². The molecule has 1 aromatic rings. The zero-order chi connectivity index (χ0) is 17.4. The minimum Gasteiger partial charge on any atom is -0.390 e. The van der Waals surface area contributed by atoms with Gasteiger partial charge in [-0.3, -0.25) is 0 Å². The lowest BCUT2D eigenvalue weighted by Crippen LogP contribution is -2.64. The Morgan fingerprint density at radius 2 is 1.80 bits per heavy atom. The van der Waals surface area contributed by atoms with Crippen LogP contribution in [0.15, 0.2) is 24.3 Å². The lowest BCUT2D eigenvalue weighted by atomic mass is 9.51. The van der Waals surface area contributed by atoms with E-state index >= 15 is 0 Å². The molecular weight excluding hydrogens is 336 g/mol. The molecule has 4 nitrogen and oxygen atoms in total. The fourth-order valence-corrected chi connectivity index (χ4v) is 6.66. The van der Waals surface area contributed by atoms with Crippen molar-refractivity contribution in [1.29, 1.82) is 0 Å². The number of halogens is 1. The molecule has 0 aromatic heterocycles. The topological polar surface area (TPSA) is 52.6 Å². The van der Waals surface area contributed by atoms with E-state index in [0.717, 1.165) is 37.7 Å². The quantitative estimate of drug-likeness (QED) is 0.847. The Labute approximate surface area is 153 Å². The highest BCUT2D eigenvalue weighted by Gasteiger charge is 2.60. The predicted octanol–water partition coefficient (Wildman–Crippen LogP) is 3.52. The maximum Gasteiger partial charge on any atom is 0.318 e. The van der Waals surface area contributed by atoms with Crippen LogP contribution in [0.5, 0.6) is 0 Å². The summed E-state index contributed by atoms with van der Waals surface area (Å²) in [6.45, 7) is 2.78. The van der Waals surface area contributed by atoms with Gasteiger partial charge in [0.25, 0.3) is 0 Å². The van der Waals surface area contributed by atoms with E-state index in [9.17, 15) is 9.90 Å². The molecule has 2 N–H and O–H groups in total. The molecule has 1 aromatic carbocycles. The molecule has 4 bridgehead atoms. The highest BCUT2D eigenvalue weighted by atomic mass is 35.5. The zero-order valence-electron chi connectivity index (χ0n) is 14.5. The average Bonchev–Trinajstić information content (AvgIpc) is 2.83. The van der Waals surface area contributed by atoms with Gasteiger partial charge in [-0.2, -0.15) is 0 Å². The first kappa shape index (κ1) is 16.0. The van der Waals surface area contributed by atoms with Crippen molar-refractivity contribution >= 4 is 17.6 Å². The van der Waals surface area contributed by atoms with E-state index in [-0.39, 0.29) is 17.6 Å². The third kappa shape index (κ3) is 2.26. The van der Waals surface area contributed by atoms with Gasteiger partial charge in [-0.05, 0) is 74.5 Å². The Bertz CT molecular complexity index is 705. The molecule has 2 unspecified atom stereocenters. The van der Waals surface area contributed by atoms with E-state index in [1.54, 1.807) is 0 Å². The second-order valence-electron chi connectivity index (χ2n) is 8.99. The highest BCUT2D eigenvalue weighted by Crippen LogP contribution is 2.58. The number of amides is 2. The van der Waals surface area contributed by atoms with Gasteiger partial charge in [-0.15, -0.1) is 0 Å². The summed E-state index contributed by atoms with van der Waals surface area (Å²) in [6.07, 6.45) is 4.98. The maximum absolute atomic E-state index is 12.9. The van der Waals surface area contributed by atoms with Crippen molar-refractivity contribution < 1.29 is 9.90 Å². The SMILES string of the molecule is C[C@@]1(c2ccc(Cl)cc2)CNC(=O)N1C1C2CC3CC1CC(O)(C3)C2. The minimum absolute atomic E-state index is 0.0434. The third-order valence-electron chi connectivity index (χ3n) is 7.29. The van der Waals surface area contributed by atoms with Gasteiger partial charge in [0.1, 0.15) is 0 Å². The van der Waals surface area contributed by atoms with Crippen molar-refractivity contribution in [3.63, 3.8) is 0 Å². The van der Waals surface area contributed by atoms with Gasteiger partial charge in [0, 0.05) is 17.6 Å². The molecule has 4 saturated carbocycles. The number of hydrogen-bond acceptors (Lipinski definition) is 2. The first-order chi connectivity index (χ1) is 11.9. The van der Waals surface area contributed by atoms with Gasteiger partial charge in [0.15, 0.2) is 0 Å². The van der Waals surface area contributed by atoms with Crippen LogP contribution in [0, 0.1) is 17.8 Å². The fourth-order valence-electron chi connectivity index (χ4n) is 6.53. The maximum atomic E-state index is 12.9. The molecule has 0 spiro atoms. The Kier molecular flexibility index (Phi) is 3.28. The van der Waals surface area contributed by atoms with E-state index in [1.165, 1.54) is 0 Å². The number of nitrogens with one attached hydrogen (secondary N) is 1. The summed E-state index contributed by atoms with van der Waals surface area (Å²) in [5.74, 6) is 1.49. The molecule has 1 saturated heterocycles. The van der Waals surface area contributed by atoms with E-state index < -0.39 is 5.60 Å². The Hall–Kier alpha value is -1.26. The van der Waals surface area contributed by atoms with Crippen LogP contribution in [0.25, 0.3) is 0 Å². The van der Waals surface area contributed by atoms with Gasteiger partial charge in [0.05, 0.1) is 11.1 Å². The Balaban J connectivity index is 1.53. The second kappa shape index (κ2) is 5.14. The van der Waals surface area contributed by atoms with E-state index in [2.05, 4.69) is 17.1 Å². The summed E-state index contributed by atoms with van der Waals surface area (Å²) in [7, 11) is 0. The number of urea groups is 1. The molecule has 134 valence electrons. The molecule has 5 heteroatoms. The third-order valence-corrected chi connectivity index (χ3v) is 7.54. The highest BCUT2D eigenvalue weighted by molar-refractivity contribution is 6.30. The second-order valence-corrected chi connectivity index (χ2v) is 9.43. The number of nitrogens with zero attached hydrogens (tertiary/aromatic N) is 1. The smallest absolute Gasteiger partial charge is 0.318 e. The number of rotatable bonds is 2. The molecule has 3 atom stereocenters. The van der Waals surface area contributed by atoms with E-state index in [4.69, 9.17) is 11.6 Å². The summed E-state index contributed by atoms with van der Waals surface area (Å²) in [5, 5.41) is 14.7. The number of aliphatic hydroxyl groups is 1. The number of carbonyl (C=O) groups is 1. The molecule has 6 rings (SSSR count). The zero-order valence-corrected chi connectivity index (χ0v) is 15.3. The van der Waals surface area contributed by atoms with Gasteiger partial charge < -0.3 is 15.3 Å². The van der Waals surface area contributed by atoms with Gasteiger partial charge in [-0.25, -0.2) is 4.79 Å². The normalized spacial score (nSPS) is 45.1. The number of benzene rings is 1. The van der Waals surface area contributed by atoms with Crippen molar-refractivity contribution in [1.82, 2.24) is 10.2 Å². The summed E-state index contributed by atoms with van der Waals surface area (Å²) in [6, 6.07) is 8.17. The Morgan fingerprint density at radius 1 is 1.16 bits per heavy atom. The van der Waals surface area contributed by atoms with Crippen LogP contribution >= 0.6 is 11.6 Å². The molecule has 5 fully saturated rings. The van der Waals surface area contributed by atoms with Crippen molar-refractivity contribution in [3.8, 4) is 0 Å². The van der Waals surface area contributed by atoms with Crippen LogP contribution in [0.4, 0.5) is 4.79 Å². The molecule has 25 heavy (non-hydrogen) atoms. The lowest BCUT2D eigenvalue weighted by Gasteiger charge is -2.61. The lowest BCUT2D eigenvalue weighted by molar-refractivity contribution is -0.160. The molecule has 5 aliphatic rings. The fraction of sp³-hybridized carbons (Fsp3) is 0.650. The van der Waals surface area contributed by atoms with Crippen molar-refractivity contribution in [2.24, 2.45) is 17.8 Å². The number of hydrogen-bond donors (Lipinski definition) is 2. The minimum atomic E-state index is -0.472. The van der Waals surface area contributed by atoms with E-state index in [0.29, 0.717) is 29.3 Å². The molecule has 4 aliphatic carbocycles. The molecule has 2 amide bonds. The van der Waals surface area contributed by atoms with Crippen molar-refractivity contribution in [2.75, 3.05) is 6.54 Å². The summed E-state index contributed by atoms with van der Waals surface area (Å²) < 4.78 is 0. The van der Waals surface area contributed by atoms with Gasteiger partial charge >= 0.3 is 6.03 Å². The summed E-state index contributed by atoms with van der Waals surface area (Å²) >= 11 is 6.07. The van der Waals surface area contributed by atoms with Crippen LogP contribution in [0.2, 0.25) is 5.02 Å². The van der Waals surface area contributed by atoms with Crippen LogP contribution in [-0.4, -0.2) is 34.2 Å².